The molecule has 3 nitrogen and oxygen atoms in total. The van der Waals surface area contributed by atoms with Gasteiger partial charge in [0.15, 0.2) is 0 Å². The van der Waals surface area contributed by atoms with E-state index in [4.69, 9.17) is 10.5 Å². The summed E-state index contributed by atoms with van der Waals surface area (Å²) in [5, 5.41) is 0. The van der Waals surface area contributed by atoms with E-state index in [1.807, 2.05) is 12.1 Å². The van der Waals surface area contributed by atoms with E-state index in [2.05, 4.69) is 37.8 Å². The molecule has 1 rings (SSSR count). The summed E-state index contributed by atoms with van der Waals surface area (Å²) in [5.41, 5.74) is 7.60. The van der Waals surface area contributed by atoms with Crippen LogP contribution in [0.2, 0.25) is 0 Å². The molecule has 0 aliphatic rings. The summed E-state index contributed by atoms with van der Waals surface area (Å²) in [4.78, 5) is 2.48. The normalized spacial score (nSPS) is 14.3. The molecule has 114 valence electrons. The standard InChI is InChI=1S/C17H30N2O/c1-5-12-19(13-6-2)14-17(18,7-3)15-8-10-16(20-4)11-9-15/h8-11H,5-7,12-14,18H2,1-4H3. The molecule has 3 heteroatoms. The molecule has 0 bridgehead atoms. The van der Waals surface area contributed by atoms with Gasteiger partial charge in [-0.25, -0.2) is 0 Å². The highest BCUT2D eigenvalue weighted by Gasteiger charge is 2.27. The van der Waals surface area contributed by atoms with Crippen molar-refractivity contribution in [2.45, 2.75) is 45.6 Å². The Bertz CT molecular complexity index is 371. The fourth-order valence-electron chi connectivity index (χ4n) is 2.63. The maximum Gasteiger partial charge on any atom is 0.118 e. The molecular weight excluding hydrogens is 248 g/mol. The van der Waals surface area contributed by atoms with Crippen LogP contribution in [-0.4, -0.2) is 31.6 Å². The van der Waals surface area contributed by atoms with Crippen molar-refractivity contribution < 1.29 is 4.74 Å². The average Bonchev–Trinajstić information content (AvgIpc) is 2.47. The number of ether oxygens (including phenoxy) is 1. The minimum Gasteiger partial charge on any atom is -0.497 e. The fraction of sp³-hybridized carbons (Fsp3) is 0.647. The molecule has 0 fully saturated rings. The highest BCUT2D eigenvalue weighted by atomic mass is 16.5. The molecule has 0 spiro atoms. The maximum absolute atomic E-state index is 6.69. The van der Waals surface area contributed by atoms with Gasteiger partial charge in [0, 0.05) is 6.54 Å². The van der Waals surface area contributed by atoms with Gasteiger partial charge in [-0.05, 0) is 50.0 Å². The number of benzene rings is 1. The van der Waals surface area contributed by atoms with E-state index >= 15 is 0 Å². The average molecular weight is 278 g/mol. The van der Waals surface area contributed by atoms with Crippen LogP contribution in [0.25, 0.3) is 0 Å². The van der Waals surface area contributed by atoms with Crippen molar-refractivity contribution in [3.8, 4) is 5.75 Å². The van der Waals surface area contributed by atoms with Crippen LogP contribution < -0.4 is 10.5 Å². The molecule has 0 radical (unpaired) electrons. The second kappa shape index (κ2) is 8.28. The van der Waals surface area contributed by atoms with Crippen molar-refractivity contribution >= 4 is 0 Å². The Morgan fingerprint density at radius 2 is 1.60 bits per heavy atom. The summed E-state index contributed by atoms with van der Waals surface area (Å²) in [5.74, 6) is 0.881. The van der Waals surface area contributed by atoms with Crippen LogP contribution in [0.5, 0.6) is 5.75 Å². The lowest BCUT2D eigenvalue weighted by atomic mass is 9.87. The summed E-state index contributed by atoms with van der Waals surface area (Å²) in [7, 11) is 1.69. The third-order valence-electron chi connectivity index (χ3n) is 3.88. The van der Waals surface area contributed by atoms with E-state index in [1.54, 1.807) is 7.11 Å². The lowest BCUT2D eigenvalue weighted by molar-refractivity contribution is 0.203. The first kappa shape index (κ1) is 17.0. The monoisotopic (exact) mass is 278 g/mol. The summed E-state index contributed by atoms with van der Waals surface area (Å²) < 4.78 is 5.22. The third-order valence-corrected chi connectivity index (χ3v) is 3.88. The molecule has 1 aromatic carbocycles. The summed E-state index contributed by atoms with van der Waals surface area (Å²) in [6, 6.07) is 8.18. The Labute approximate surface area is 124 Å². The Balaban J connectivity index is 2.87. The molecule has 2 N–H and O–H groups in total. The van der Waals surface area contributed by atoms with Crippen LogP contribution in [0.15, 0.2) is 24.3 Å². The second-order valence-electron chi connectivity index (χ2n) is 5.51. The molecule has 0 aliphatic heterocycles. The molecule has 0 aliphatic carbocycles. The predicted molar refractivity (Wildman–Crippen MR) is 86.2 cm³/mol. The number of rotatable bonds is 9. The number of hydrogen-bond donors (Lipinski definition) is 1. The zero-order valence-corrected chi connectivity index (χ0v) is 13.5. The largest absolute Gasteiger partial charge is 0.497 e. The zero-order chi connectivity index (χ0) is 15.0. The van der Waals surface area contributed by atoms with Gasteiger partial charge in [0.05, 0.1) is 12.6 Å². The molecule has 20 heavy (non-hydrogen) atoms. The Hall–Kier alpha value is -1.06. The third kappa shape index (κ3) is 4.50. The highest BCUT2D eigenvalue weighted by molar-refractivity contribution is 5.32. The molecule has 1 unspecified atom stereocenters. The minimum absolute atomic E-state index is 0.281. The SMILES string of the molecule is CCCN(CCC)CC(N)(CC)c1ccc(OC)cc1. The predicted octanol–water partition coefficient (Wildman–Crippen LogP) is 3.38. The summed E-state index contributed by atoms with van der Waals surface area (Å²) in [6.45, 7) is 9.75. The van der Waals surface area contributed by atoms with Gasteiger partial charge in [0.2, 0.25) is 0 Å². The van der Waals surface area contributed by atoms with Crippen LogP contribution in [-0.2, 0) is 5.54 Å². The first-order valence-corrected chi connectivity index (χ1v) is 7.75. The molecule has 1 aromatic rings. The van der Waals surface area contributed by atoms with Gasteiger partial charge in [-0.1, -0.05) is 32.9 Å². The molecule has 1 atom stereocenters. The molecule has 0 saturated heterocycles. The van der Waals surface area contributed by atoms with Gasteiger partial charge >= 0.3 is 0 Å². The Morgan fingerprint density at radius 3 is 2.00 bits per heavy atom. The molecule has 0 aromatic heterocycles. The van der Waals surface area contributed by atoms with Crippen molar-refractivity contribution in [2.24, 2.45) is 5.73 Å². The van der Waals surface area contributed by atoms with E-state index in [1.165, 1.54) is 18.4 Å². The number of hydrogen-bond acceptors (Lipinski definition) is 3. The van der Waals surface area contributed by atoms with Crippen molar-refractivity contribution in [1.29, 1.82) is 0 Å². The van der Waals surface area contributed by atoms with Gasteiger partial charge in [0.1, 0.15) is 5.75 Å². The second-order valence-corrected chi connectivity index (χ2v) is 5.51. The van der Waals surface area contributed by atoms with Crippen LogP contribution in [0.4, 0.5) is 0 Å². The van der Waals surface area contributed by atoms with E-state index < -0.39 is 0 Å². The van der Waals surface area contributed by atoms with Crippen molar-refractivity contribution in [1.82, 2.24) is 4.90 Å². The molecule has 0 saturated carbocycles. The lowest BCUT2D eigenvalue weighted by Crippen LogP contribution is -2.47. The van der Waals surface area contributed by atoms with E-state index in [0.717, 1.165) is 31.8 Å². The number of methoxy groups -OCH3 is 1. The first-order chi connectivity index (χ1) is 9.59. The zero-order valence-electron chi connectivity index (χ0n) is 13.5. The van der Waals surface area contributed by atoms with Crippen molar-refractivity contribution in [3.05, 3.63) is 29.8 Å². The van der Waals surface area contributed by atoms with Crippen molar-refractivity contribution in [2.75, 3.05) is 26.7 Å². The highest BCUT2D eigenvalue weighted by Crippen LogP contribution is 2.25. The van der Waals surface area contributed by atoms with Crippen LogP contribution >= 0.6 is 0 Å². The summed E-state index contributed by atoms with van der Waals surface area (Å²) >= 11 is 0. The van der Waals surface area contributed by atoms with Gasteiger partial charge in [-0.15, -0.1) is 0 Å². The topological polar surface area (TPSA) is 38.5 Å². The molecule has 0 amide bonds. The Morgan fingerprint density at radius 1 is 1.05 bits per heavy atom. The van der Waals surface area contributed by atoms with Gasteiger partial charge in [0.25, 0.3) is 0 Å². The minimum atomic E-state index is -0.281. The Kier molecular flexibility index (Phi) is 7.03. The molecule has 0 heterocycles. The van der Waals surface area contributed by atoms with E-state index in [0.29, 0.717) is 0 Å². The quantitative estimate of drug-likeness (QED) is 0.752. The van der Waals surface area contributed by atoms with E-state index in [-0.39, 0.29) is 5.54 Å². The first-order valence-electron chi connectivity index (χ1n) is 7.75. The number of nitrogens with two attached hydrogens (primary N) is 1. The van der Waals surface area contributed by atoms with Gasteiger partial charge < -0.3 is 15.4 Å². The van der Waals surface area contributed by atoms with Gasteiger partial charge in [-0.3, -0.25) is 0 Å². The lowest BCUT2D eigenvalue weighted by Gasteiger charge is -2.35. The molecular formula is C17H30N2O. The number of nitrogens with zero attached hydrogens (tertiary/aromatic N) is 1. The smallest absolute Gasteiger partial charge is 0.118 e. The fourth-order valence-corrected chi connectivity index (χ4v) is 2.63. The van der Waals surface area contributed by atoms with Crippen LogP contribution in [0, 0.1) is 0 Å². The maximum atomic E-state index is 6.69. The van der Waals surface area contributed by atoms with Crippen molar-refractivity contribution in [3.63, 3.8) is 0 Å². The van der Waals surface area contributed by atoms with E-state index in [9.17, 15) is 0 Å². The van der Waals surface area contributed by atoms with Crippen LogP contribution in [0.3, 0.4) is 0 Å². The van der Waals surface area contributed by atoms with Crippen LogP contribution in [0.1, 0.15) is 45.6 Å². The van der Waals surface area contributed by atoms with Gasteiger partial charge in [-0.2, -0.15) is 0 Å². The summed E-state index contributed by atoms with van der Waals surface area (Å²) in [6.07, 6.45) is 3.27.